The quantitative estimate of drug-likeness (QED) is 0.829. The molecular formula is C12H13F3O2. The Morgan fingerprint density at radius 3 is 2.29 bits per heavy atom. The predicted molar refractivity (Wildman–Crippen MR) is 56.6 cm³/mol. The summed E-state index contributed by atoms with van der Waals surface area (Å²) >= 11 is 0. The smallest absolute Gasteiger partial charge is 0.392 e. The molecule has 0 heterocycles. The molecule has 0 saturated carbocycles. The number of Topliss-reactive ketones (excluding diaryl/α,β-unsaturated/α-hetero) is 1. The third-order valence-electron chi connectivity index (χ3n) is 2.58. The van der Waals surface area contributed by atoms with Crippen LogP contribution in [0.15, 0.2) is 30.3 Å². The lowest BCUT2D eigenvalue weighted by Gasteiger charge is -2.20. The van der Waals surface area contributed by atoms with Crippen LogP contribution in [0.1, 0.15) is 23.7 Å². The Hall–Kier alpha value is -1.36. The van der Waals surface area contributed by atoms with Gasteiger partial charge in [-0.15, -0.1) is 0 Å². The number of alkyl halides is 3. The van der Waals surface area contributed by atoms with Crippen LogP contribution in [0.4, 0.5) is 13.2 Å². The van der Waals surface area contributed by atoms with E-state index in [9.17, 15) is 23.1 Å². The van der Waals surface area contributed by atoms with Gasteiger partial charge in [0.15, 0.2) is 5.78 Å². The van der Waals surface area contributed by atoms with Crippen molar-refractivity contribution >= 4 is 5.78 Å². The number of carbonyl (C=O) groups excluding carboxylic acids is 1. The Morgan fingerprint density at radius 1 is 1.29 bits per heavy atom. The number of aliphatic hydroxyl groups excluding tert-OH is 1. The van der Waals surface area contributed by atoms with Gasteiger partial charge in [0.05, 0.1) is 12.0 Å². The van der Waals surface area contributed by atoms with Crippen molar-refractivity contribution in [3.8, 4) is 0 Å². The van der Waals surface area contributed by atoms with Crippen molar-refractivity contribution in [2.45, 2.75) is 25.6 Å². The minimum Gasteiger partial charge on any atom is -0.392 e. The maximum Gasteiger partial charge on any atom is 0.394 e. The predicted octanol–water partition coefficient (Wildman–Crippen LogP) is 2.82. The highest BCUT2D eigenvalue weighted by Crippen LogP contribution is 2.29. The van der Waals surface area contributed by atoms with Crippen LogP contribution in [-0.2, 0) is 0 Å². The molecule has 0 spiro atoms. The molecule has 0 aliphatic rings. The summed E-state index contributed by atoms with van der Waals surface area (Å²) in [5.74, 6) is -2.40. The molecule has 2 atom stereocenters. The topological polar surface area (TPSA) is 37.3 Å². The molecule has 0 amide bonds. The number of halogens is 3. The molecule has 0 aliphatic carbocycles. The zero-order chi connectivity index (χ0) is 13.1. The van der Waals surface area contributed by atoms with Crippen LogP contribution in [-0.4, -0.2) is 23.2 Å². The van der Waals surface area contributed by atoms with Crippen LogP contribution in [0.5, 0.6) is 0 Å². The first-order chi connectivity index (χ1) is 7.82. The molecule has 0 aromatic heterocycles. The molecule has 0 saturated heterocycles. The summed E-state index contributed by atoms with van der Waals surface area (Å²) in [5.41, 5.74) is 0.306. The lowest BCUT2D eigenvalue weighted by molar-refractivity contribution is -0.193. The van der Waals surface area contributed by atoms with Gasteiger partial charge >= 0.3 is 6.18 Å². The molecule has 0 bridgehead atoms. The van der Waals surface area contributed by atoms with Crippen molar-refractivity contribution in [3.63, 3.8) is 0 Å². The van der Waals surface area contributed by atoms with Gasteiger partial charge in [-0.1, -0.05) is 37.3 Å². The largest absolute Gasteiger partial charge is 0.394 e. The lowest BCUT2D eigenvalue weighted by Crippen LogP contribution is -2.33. The Balaban J connectivity index is 2.64. The van der Waals surface area contributed by atoms with Crippen LogP contribution in [0.2, 0.25) is 0 Å². The average molecular weight is 246 g/mol. The van der Waals surface area contributed by atoms with E-state index in [0.29, 0.717) is 5.56 Å². The number of benzene rings is 1. The summed E-state index contributed by atoms with van der Waals surface area (Å²) in [5, 5.41) is 9.34. The molecule has 0 aliphatic heterocycles. The van der Waals surface area contributed by atoms with Gasteiger partial charge < -0.3 is 5.11 Å². The maximum atomic E-state index is 12.3. The Morgan fingerprint density at radius 2 is 1.82 bits per heavy atom. The molecule has 1 N–H and O–H groups in total. The second-order valence-corrected chi connectivity index (χ2v) is 3.89. The van der Waals surface area contributed by atoms with E-state index in [1.165, 1.54) is 12.1 Å². The first kappa shape index (κ1) is 13.7. The molecular weight excluding hydrogens is 233 g/mol. The minimum atomic E-state index is -4.49. The zero-order valence-corrected chi connectivity index (χ0v) is 9.24. The van der Waals surface area contributed by atoms with Crippen molar-refractivity contribution in [1.82, 2.24) is 0 Å². The Labute approximate surface area is 97.1 Å². The number of rotatable bonds is 4. The summed E-state index contributed by atoms with van der Waals surface area (Å²) in [6.07, 6.45) is -6.72. The van der Waals surface area contributed by atoms with Crippen molar-refractivity contribution < 1.29 is 23.1 Å². The second-order valence-electron chi connectivity index (χ2n) is 3.89. The number of hydrogen-bond donors (Lipinski definition) is 1. The van der Waals surface area contributed by atoms with E-state index in [4.69, 9.17) is 0 Å². The molecule has 1 aromatic rings. The molecule has 94 valence electrons. The summed E-state index contributed by atoms with van der Waals surface area (Å²) < 4.78 is 36.8. The van der Waals surface area contributed by atoms with Gasteiger partial charge in [0, 0.05) is 12.0 Å². The molecule has 1 aromatic carbocycles. The maximum absolute atomic E-state index is 12.3. The van der Waals surface area contributed by atoms with Crippen LogP contribution in [0.25, 0.3) is 0 Å². The highest BCUT2D eigenvalue weighted by atomic mass is 19.4. The molecule has 1 rings (SSSR count). The number of ketones is 1. The summed E-state index contributed by atoms with van der Waals surface area (Å²) in [6, 6.07) is 7.95. The van der Waals surface area contributed by atoms with Gasteiger partial charge in [0.2, 0.25) is 0 Å². The van der Waals surface area contributed by atoms with E-state index >= 15 is 0 Å². The summed E-state index contributed by atoms with van der Waals surface area (Å²) in [7, 11) is 0. The zero-order valence-electron chi connectivity index (χ0n) is 9.24. The van der Waals surface area contributed by atoms with E-state index in [1.807, 2.05) is 0 Å². The fourth-order valence-corrected chi connectivity index (χ4v) is 1.33. The second kappa shape index (κ2) is 5.31. The normalized spacial score (nSPS) is 15.4. The molecule has 2 nitrogen and oxygen atoms in total. The standard InChI is InChI=1S/C12H13F3O2/c1-8(12(13,14)15)10(16)7-11(17)9-5-3-2-4-6-9/h2-6,8,10,16H,7H2,1H3/t8-,10+/m1/s1. The number of carbonyl (C=O) groups is 1. The van der Waals surface area contributed by atoms with E-state index in [-0.39, 0.29) is 0 Å². The molecule has 0 radical (unpaired) electrons. The Bertz CT molecular complexity index is 373. The van der Waals surface area contributed by atoms with Crippen molar-refractivity contribution in [3.05, 3.63) is 35.9 Å². The van der Waals surface area contributed by atoms with E-state index in [2.05, 4.69) is 0 Å². The van der Waals surface area contributed by atoms with Crippen LogP contribution in [0, 0.1) is 5.92 Å². The van der Waals surface area contributed by atoms with Crippen molar-refractivity contribution in [1.29, 1.82) is 0 Å². The van der Waals surface area contributed by atoms with Gasteiger partial charge in [-0.2, -0.15) is 13.2 Å². The molecule has 17 heavy (non-hydrogen) atoms. The third kappa shape index (κ3) is 3.85. The monoisotopic (exact) mass is 246 g/mol. The highest BCUT2D eigenvalue weighted by Gasteiger charge is 2.41. The first-order valence-corrected chi connectivity index (χ1v) is 5.15. The van der Waals surface area contributed by atoms with Gasteiger partial charge in [0.25, 0.3) is 0 Å². The number of hydrogen-bond acceptors (Lipinski definition) is 2. The fourth-order valence-electron chi connectivity index (χ4n) is 1.33. The van der Waals surface area contributed by atoms with Gasteiger partial charge in [-0.25, -0.2) is 0 Å². The Kier molecular flexibility index (Phi) is 4.28. The van der Waals surface area contributed by atoms with Gasteiger partial charge in [-0.3, -0.25) is 4.79 Å². The number of aliphatic hydroxyl groups is 1. The van der Waals surface area contributed by atoms with Crippen molar-refractivity contribution in [2.75, 3.05) is 0 Å². The molecule has 0 unspecified atom stereocenters. The molecule has 5 heteroatoms. The summed E-state index contributed by atoms with van der Waals surface area (Å²) in [6.45, 7) is 0.864. The lowest BCUT2D eigenvalue weighted by atomic mass is 9.96. The van der Waals surface area contributed by atoms with Crippen LogP contribution < -0.4 is 0 Å². The van der Waals surface area contributed by atoms with Crippen molar-refractivity contribution in [2.24, 2.45) is 5.92 Å². The van der Waals surface area contributed by atoms with Crippen LogP contribution >= 0.6 is 0 Å². The third-order valence-corrected chi connectivity index (χ3v) is 2.58. The van der Waals surface area contributed by atoms with E-state index < -0.39 is 30.4 Å². The van der Waals surface area contributed by atoms with E-state index in [1.54, 1.807) is 18.2 Å². The fraction of sp³-hybridized carbons (Fsp3) is 0.417. The summed E-state index contributed by atoms with van der Waals surface area (Å²) in [4.78, 5) is 11.6. The minimum absolute atomic E-state index is 0.306. The van der Waals surface area contributed by atoms with E-state index in [0.717, 1.165) is 6.92 Å². The molecule has 0 fully saturated rings. The SMILES string of the molecule is C[C@H]([C@@H](O)CC(=O)c1ccccc1)C(F)(F)F. The average Bonchev–Trinajstić information content (AvgIpc) is 2.27. The van der Waals surface area contributed by atoms with Gasteiger partial charge in [-0.05, 0) is 0 Å². The van der Waals surface area contributed by atoms with Crippen LogP contribution in [0.3, 0.4) is 0 Å². The first-order valence-electron chi connectivity index (χ1n) is 5.15. The van der Waals surface area contributed by atoms with Gasteiger partial charge in [0.1, 0.15) is 0 Å². The highest BCUT2D eigenvalue weighted by molar-refractivity contribution is 5.96.